The third-order valence-electron chi connectivity index (χ3n) is 10.0. The Kier molecular flexibility index (Phi) is 17.4. The van der Waals surface area contributed by atoms with Gasteiger partial charge in [0, 0.05) is 24.7 Å². The summed E-state index contributed by atoms with van der Waals surface area (Å²) >= 11 is 0. The molecule has 0 amide bonds. The Bertz CT molecular complexity index is 745. The van der Waals surface area contributed by atoms with Gasteiger partial charge in [0.1, 0.15) is 5.78 Å². The van der Waals surface area contributed by atoms with E-state index in [2.05, 4.69) is 67.5 Å². The lowest BCUT2D eigenvalue weighted by molar-refractivity contribution is -0.140. The Balaban J connectivity index is 3.16. The zero-order valence-electron chi connectivity index (χ0n) is 27.7. The summed E-state index contributed by atoms with van der Waals surface area (Å²) in [5.74, 6) is 0.347. The van der Waals surface area contributed by atoms with E-state index in [0.29, 0.717) is 18.6 Å². The number of hydrogen-bond acceptors (Lipinski definition) is 5. The standard InChI is InChI=1S/C33H64O5Si2/c1-10-17-25-33(8,38-40(14-5,15-6)16-7)26-21-23-29-28(22-19-18-20-24-32(35)36-9)30(34)27-31(29)37-39(11-2,12-3)13-4/h21,23,28-29,31H,10-20,22,24-27H2,1-9H3/b23-21+. The molecule has 7 heteroatoms. The minimum absolute atomic E-state index is 0.00598. The van der Waals surface area contributed by atoms with Gasteiger partial charge in [-0.25, -0.2) is 0 Å². The molecule has 0 bridgehead atoms. The van der Waals surface area contributed by atoms with Crippen molar-refractivity contribution < 1.29 is 23.2 Å². The zero-order valence-corrected chi connectivity index (χ0v) is 29.7. The molecule has 0 aliphatic heterocycles. The van der Waals surface area contributed by atoms with Gasteiger partial charge in [-0.3, -0.25) is 9.59 Å². The molecule has 0 N–H and O–H groups in total. The highest BCUT2D eigenvalue weighted by molar-refractivity contribution is 6.74. The average Bonchev–Trinajstić information content (AvgIpc) is 3.26. The molecule has 1 aliphatic carbocycles. The molecule has 0 radical (unpaired) electrons. The van der Waals surface area contributed by atoms with Crippen molar-refractivity contribution in [1.29, 1.82) is 0 Å². The third kappa shape index (κ3) is 11.1. The van der Waals surface area contributed by atoms with Gasteiger partial charge >= 0.3 is 5.97 Å². The molecule has 40 heavy (non-hydrogen) atoms. The van der Waals surface area contributed by atoms with Crippen molar-refractivity contribution in [3.8, 4) is 0 Å². The lowest BCUT2D eigenvalue weighted by Crippen LogP contribution is -2.45. The maximum atomic E-state index is 13.4. The summed E-state index contributed by atoms with van der Waals surface area (Å²) in [6.45, 7) is 18.3. The highest BCUT2D eigenvalue weighted by Crippen LogP contribution is 2.40. The quantitative estimate of drug-likeness (QED) is 0.0539. The first kappa shape index (κ1) is 37.3. The Morgan fingerprint density at radius 1 is 0.900 bits per heavy atom. The lowest BCUT2D eigenvalue weighted by atomic mass is 9.87. The molecule has 234 valence electrons. The van der Waals surface area contributed by atoms with Gasteiger partial charge in [-0.05, 0) is 68.9 Å². The molecule has 4 atom stereocenters. The summed E-state index contributed by atoms with van der Waals surface area (Å²) < 4.78 is 18.9. The van der Waals surface area contributed by atoms with Crippen LogP contribution in [0.5, 0.6) is 0 Å². The van der Waals surface area contributed by atoms with Crippen molar-refractivity contribution in [2.24, 2.45) is 11.8 Å². The number of esters is 1. The van der Waals surface area contributed by atoms with Crippen molar-refractivity contribution in [2.75, 3.05) is 7.11 Å². The number of rotatable bonds is 22. The summed E-state index contributed by atoms with van der Waals surface area (Å²) in [6.07, 6.45) is 13.6. The van der Waals surface area contributed by atoms with Crippen molar-refractivity contribution in [2.45, 2.75) is 168 Å². The molecule has 0 heterocycles. The van der Waals surface area contributed by atoms with Crippen LogP contribution in [-0.4, -0.2) is 47.2 Å². The molecule has 1 saturated carbocycles. The van der Waals surface area contributed by atoms with E-state index in [-0.39, 0.29) is 29.5 Å². The monoisotopic (exact) mass is 596 g/mol. The minimum Gasteiger partial charge on any atom is -0.469 e. The highest BCUT2D eigenvalue weighted by Gasteiger charge is 2.45. The van der Waals surface area contributed by atoms with Crippen LogP contribution >= 0.6 is 0 Å². The maximum absolute atomic E-state index is 13.4. The van der Waals surface area contributed by atoms with Crippen LogP contribution in [0.15, 0.2) is 12.2 Å². The van der Waals surface area contributed by atoms with E-state index in [1.807, 2.05) is 0 Å². The van der Waals surface area contributed by atoms with Gasteiger partial charge in [-0.1, -0.05) is 86.3 Å². The fourth-order valence-electron chi connectivity index (χ4n) is 6.63. The zero-order chi connectivity index (χ0) is 30.2. The van der Waals surface area contributed by atoms with Crippen LogP contribution in [0.2, 0.25) is 36.3 Å². The molecule has 0 aromatic rings. The predicted molar refractivity (Wildman–Crippen MR) is 174 cm³/mol. The van der Waals surface area contributed by atoms with Crippen molar-refractivity contribution in [3.05, 3.63) is 12.2 Å². The largest absolute Gasteiger partial charge is 0.469 e. The SMILES string of the molecule is CCCCC(C)(C/C=C/C1C(O[Si](CC)(CC)CC)CC(=O)C1CCCCCC(=O)OC)O[Si](CC)(CC)CC. The Labute approximate surface area is 249 Å². The number of ketones is 1. The van der Waals surface area contributed by atoms with E-state index >= 15 is 0 Å². The van der Waals surface area contributed by atoms with Gasteiger partial charge < -0.3 is 13.6 Å². The first-order chi connectivity index (χ1) is 19.1. The smallest absolute Gasteiger partial charge is 0.305 e. The van der Waals surface area contributed by atoms with Crippen LogP contribution < -0.4 is 0 Å². The Hall–Kier alpha value is -0.766. The second kappa shape index (κ2) is 18.7. The number of hydrogen-bond donors (Lipinski definition) is 0. The molecule has 1 aliphatic rings. The molecule has 1 fully saturated rings. The number of ether oxygens (including phenoxy) is 1. The van der Waals surface area contributed by atoms with Crippen molar-refractivity contribution in [3.63, 3.8) is 0 Å². The summed E-state index contributed by atoms with van der Waals surface area (Å²) in [4.78, 5) is 24.9. The fraction of sp³-hybridized carbons (Fsp3) is 0.879. The molecule has 4 unspecified atom stereocenters. The van der Waals surface area contributed by atoms with Gasteiger partial charge in [0.25, 0.3) is 0 Å². The van der Waals surface area contributed by atoms with Crippen LogP contribution in [0, 0.1) is 11.8 Å². The Morgan fingerprint density at radius 3 is 2.02 bits per heavy atom. The van der Waals surface area contributed by atoms with Crippen LogP contribution in [-0.2, 0) is 23.2 Å². The third-order valence-corrected chi connectivity index (χ3v) is 19.5. The van der Waals surface area contributed by atoms with E-state index < -0.39 is 16.6 Å². The number of carbonyl (C=O) groups excluding carboxylic acids is 2. The van der Waals surface area contributed by atoms with Crippen LogP contribution in [0.1, 0.15) is 120 Å². The molecule has 0 saturated heterocycles. The summed E-state index contributed by atoms with van der Waals surface area (Å²) in [5, 5.41) is 0. The van der Waals surface area contributed by atoms with Gasteiger partial charge in [-0.2, -0.15) is 0 Å². The molecule has 0 spiro atoms. The van der Waals surface area contributed by atoms with E-state index in [1.165, 1.54) is 20.0 Å². The number of carbonyl (C=O) groups is 2. The minimum atomic E-state index is -1.84. The fourth-order valence-corrected chi connectivity index (χ4v) is 12.7. The number of unbranched alkanes of at least 4 members (excludes halogenated alkanes) is 3. The number of methoxy groups -OCH3 is 1. The average molecular weight is 597 g/mol. The second-order valence-electron chi connectivity index (χ2n) is 12.5. The van der Waals surface area contributed by atoms with E-state index in [1.54, 1.807) is 0 Å². The molecular weight excluding hydrogens is 533 g/mol. The maximum Gasteiger partial charge on any atom is 0.305 e. The second-order valence-corrected chi connectivity index (χ2v) is 21.9. The van der Waals surface area contributed by atoms with E-state index in [0.717, 1.165) is 74.8 Å². The molecule has 1 rings (SSSR count). The Morgan fingerprint density at radius 2 is 1.50 bits per heavy atom. The molecule has 0 aromatic carbocycles. The predicted octanol–water partition coefficient (Wildman–Crippen LogP) is 9.62. The van der Waals surface area contributed by atoms with E-state index in [4.69, 9.17) is 13.6 Å². The number of Topliss-reactive ketones (excluding diaryl/α,β-unsaturated/α-hetero) is 1. The van der Waals surface area contributed by atoms with Gasteiger partial charge in [0.15, 0.2) is 16.6 Å². The first-order valence-corrected chi connectivity index (χ1v) is 21.8. The highest BCUT2D eigenvalue weighted by atomic mass is 28.4. The van der Waals surface area contributed by atoms with Crippen molar-refractivity contribution in [1.82, 2.24) is 0 Å². The normalized spacial score (nSPS) is 21.7. The summed E-state index contributed by atoms with van der Waals surface area (Å²) in [6, 6.07) is 6.77. The lowest BCUT2D eigenvalue weighted by Gasteiger charge is -2.40. The van der Waals surface area contributed by atoms with E-state index in [9.17, 15) is 9.59 Å². The summed E-state index contributed by atoms with van der Waals surface area (Å²) in [7, 11) is -2.15. The molecular formula is C33H64O5Si2. The van der Waals surface area contributed by atoms with Crippen molar-refractivity contribution >= 4 is 28.4 Å². The van der Waals surface area contributed by atoms with Gasteiger partial charge in [0.2, 0.25) is 0 Å². The molecule has 5 nitrogen and oxygen atoms in total. The van der Waals surface area contributed by atoms with Crippen LogP contribution in [0.25, 0.3) is 0 Å². The van der Waals surface area contributed by atoms with Gasteiger partial charge in [0.05, 0.1) is 18.8 Å². The summed E-state index contributed by atoms with van der Waals surface area (Å²) in [5.41, 5.74) is -0.155. The molecule has 0 aromatic heterocycles. The van der Waals surface area contributed by atoms with Gasteiger partial charge in [-0.15, -0.1) is 0 Å². The first-order valence-electron chi connectivity index (χ1n) is 16.7. The van der Waals surface area contributed by atoms with Crippen LogP contribution in [0.3, 0.4) is 0 Å². The topological polar surface area (TPSA) is 61.8 Å². The van der Waals surface area contributed by atoms with Crippen LogP contribution in [0.4, 0.5) is 0 Å².